The lowest BCUT2D eigenvalue weighted by molar-refractivity contribution is -0.153. The van der Waals surface area contributed by atoms with Gasteiger partial charge in [-0.15, -0.1) is 0 Å². The zero-order valence-electron chi connectivity index (χ0n) is 15.6. The number of anilines is 1. The van der Waals surface area contributed by atoms with Crippen molar-refractivity contribution in [3.63, 3.8) is 0 Å². The van der Waals surface area contributed by atoms with E-state index in [-0.39, 0.29) is 23.7 Å². The van der Waals surface area contributed by atoms with Crippen molar-refractivity contribution in [2.45, 2.75) is 51.8 Å². The maximum atomic E-state index is 13.2. The third kappa shape index (κ3) is 4.23. The van der Waals surface area contributed by atoms with Crippen molar-refractivity contribution in [2.75, 3.05) is 18.1 Å². The van der Waals surface area contributed by atoms with Crippen molar-refractivity contribution in [2.24, 2.45) is 17.3 Å². The van der Waals surface area contributed by atoms with Crippen LogP contribution >= 0.6 is 0 Å². The molecule has 1 aliphatic carbocycles. The fourth-order valence-corrected chi connectivity index (χ4v) is 4.38. The minimum absolute atomic E-state index is 0.0593. The van der Waals surface area contributed by atoms with E-state index in [1.807, 2.05) is 0 Å². The number of aliphatic hydroxyl groups excluding tert-OH is 1. The van der Waals surface area contributed by atoms with Gasteiger partial charge in [0.05, 0.1) is 11.5 Å². The second-order valence-corrected chi connectivity index (χ2v) is 8.10. The molecule has 1 spiro atoms. The molecule has 3 atom stereocenters. The minimum Gasteiger partial charge on any atom is -0.484 e. The van der Waals surface area contributed by atoms with Crippen molar-refractivity contribution in [3.05, 3.63) is 24.3 Å². The van der Waals surface area contributed by atoms with E-state index >= 15 is 0 Å². The van der Waals surface area contributed by atoms with Crippen LogP contribution in [0, 0.1) is 17.3 Å². The Hall–Kier alpha value is -1.76. The molecule has 0 aromatic heterocycles. The summed E-state index contributed by atoms with van der Waals surface area (Å²) >= 11 is 0. The van der Waals surface area contributed by atoms with Gasteiger partial charge in [0.15, 0.2) is 6.61 Å². The highest BCUT2D eigenvalue weighted by molar-refractivity contribution is 6.00. The molecule has 1 aromatic rings. The van der Waals surface area contributed by atoms with E-state index in [0.29, 0.717) is 37.4 Å². The number of ether oxygens (including phenoxy) is 1. The fourth-order valence-electron chi connectivity index (χ4n) is 4.38. The van der Waals surface area contributed by atoms with Gasteiger partial charge in [-0.25, -0.2) is 0 Å². The summed E-state index contributed by atoms with van der Waals surface area (Å²) in [6.07, 6.45) is -2.00. The first kappa shape index (κ1) is 20.0. The van der Waals surface area contributed by atoms with Gasteiger partial charge in [0.2, 0.25) is 5.91 Å². The van der Waals surface area contributed by atoms with Crippen molar-refractivity contribution in [3.8, 4) is 5.75 Å². The monoisotopic (exact) mass is 385 g/mol. The molecule has 7 heteroatoms. The van der Waals surface area contributed by atoms with E-state index in [1.54, 1.807) is 17.0 Å². The molecule has 0 bridgehead atoms. The number of carbonyl (C=O) groups excluding carboxylic acids is 1. The Morgan fingerprint density at radius 3 is 2.52 bits per heavy atom. The Kier molecular flexibility index (Phi) is 5.43. The fraction of sp³-hybridized carbons (Fsp3) is 0.650. The van der Waals surface area contributed by atoms with E-state index in [4.69, 9.17) is 4.74 Å². The summed E-state index contributed by atoms with van der Waals surface area (Å²) in [5.41, 5.74) is 0.239. The molecular formula is C20H26F3NO3. The smallest absolute Gasteiger partial charge is 0.422 e. The molecule has 1 N–H and O–H groups in total. The number of aliphatic hydroxyl groups is 1. The Morgan fingerprint density at radius 2 is 1.93 bits per heavy atom. The van der Waals surface area contributed by atoms with Gasteiger partial charge in [0.1, 0.15) is 5.75 Å². The number of benzene rings is 1. The van der Waals surface area contributed by atoms with Crippen LogP contribution in [-0.2, 0) is 4.79 Å². The van der Waals surface area contributed by atoms with Crippen LogP contribution in [0.3, 0.4) is 0 Å². The second kappa shape index (κ2) is 7.34. The summed E-state index contributed by atoms with van der Waals surface area (Å²) in [6, 6.07) is 6.17. The normalized spacial score (nSPS) is 29.0. The molecular weight excluding hydrogens is 359 g/mol. The van der Waals surface area contributed by atoms with Crippen LogP contribution in [0.5, 0.6) is 5.75 Å². The number of hydrogen-bond donors (Lipinski definition) is 1. The summed E-state index contributed by atoms with van der Waals surface area (Å²) in [5.74, 6) is 0.604. The Bertz CT molecular complexity index is 674. The van der Waals surface area contributed by atoms with Gasteiger partial charge in [-0.05, 0) is 61.8 Å². The van der Waals surface area contributed by atoms with Gasteiger partial charge in [0.25, 0.3) is 0 Å². The quantitative estimate of drug-likeness (QED) is 0.846. The highest BCUT2D eigenvalue weighted by atomic mass is 19.4. The minimum atomic E-state index is -4.38. The van der Waals surface area contributed by atoms with Gasteiger partial charge in [-0.1, -0.05) is 13.8 Å². The third-order valence-corrected chi connectivity index (χ3v) is 5.96. The van der Waals surface area contributed by atoms with Crippen molar-refractivity contribution in [1.82, 2.24) is 0 Å². The molecule has 27 heavy (non-hydrogen) atoms. The van der Waals surface area contributed by atoms with Gasteiger partial charge < -0.3 is 14.7 Å². The number of rotatable bonds is 4. The van der Waals surface area contributed by atoms with Crippen LogP contribution in [0.1, 0.15) is 39.5 Å². The molecule has 3 rings (SSSR count). The highest BCUT2D eigenvalue weighted by Gasteiger charge is 2.51. The van der Waals surface area contributed by atoms with Crippen LogP contribution in [0.15, 0.2) is 24.3 Å². The number of alkyl halides is 3. The van der Waals surface area contributed by atoms with Crippen LogP contribution in [0.25, 0.3) is 0 Å². The largest absolute Gasteiger partial charge is 0.484 e. The molecule has 2 aliphatic rings. The summed E-state index contributed by atoms with van der Waals surface area (Å²) < 4.78 is 41.4. The number of hydrogen-bond acceptors (Lipinski definition) is 3. The predicted octanol–water partition coefficient (Wildman–Crippen LogP) is 4.17. The lowest BCUT2D eigenvalue weighted by atomic mass is 9.65. The molecule has 1 amide bonds. The third-order valence-electron chi connectivity index (χ3n) is 5.96. The molecule has 1 aromatic carbocycles. The standard InChI is InChI=1S/C20H26F3NO3/c1-13(2)16-11-19(8-7-17(16)25)9-10-24(18(19)26)14-3-5-15(6-4-14)27-12-20(21,22)23/h3-6,13,16-17,25H,7-12H2,1-2H3/t16-,17+,19+/m1/s1. The summed E-state index contributed by atoms with van der Waals surface area (Å²) in [4.78, 5) is 14.9. The maximum Gasteiger partial charge on any atom is 0.422 e. The Morgan fingerprint density at radius 1 is 1.26 bits per heavy atom. The van der Waals surface area contributed by atoms with Crippen molar-refractivity contribution in [1.29, 1.82) is 0 Å². The van der Waals surface area contributed by atoms with Crippen molar-refractivity contribution < 1.29 is 27.8 Å². The molecule has 4 nitrogen and oxygen atoms in total. The molecule has 2 fully saturated rings. The Labute approximate surface area is 157 Å². The van der Waals surface area contributed by atoms with Crippen molar-refractivity contribution >= 4 is 11.6 Å². The molecule has 0 unspecified atom stereocenters. The van der Waals surface area contributed by atoms with E-state index < -0.39 is 18.2 Å². The van der Waals surface area contributed by atoms with E-state index in [1.165, 1.54) is 12.1 Å². The molecule has 1 saturated carbocycles. The molecule has 1 aliphatic heterocycles. The number of halogens is 3. The number of carbonyl (C=O) groups is 1. The zero-order chi connectivity index (χ0) is 19.8. The van der Waals surface area contributed by atoms with Crippen LogP contribution in [0.4, 0.5) is 18.9 Å². The van der Waals surface area contributed by atoms with Gasteiger partial charge >= 0.3 is 6.18 Å². The molecule has 0 radical (unpaired) electrons. The Balaban J connectivity index is 1.70. The first-order valence-electron chi connectivity index (χ1n) is 9.41. The molecule has 1 heterocycles. The second-order valence-electron chi connectivity index (χ2n) is 8.10. The van der Waals surface area contributed by atoms with E-state index in [9.17, 15) is 23.1 Å². The first-order valence-corrected chi connectivity index (χ1v) is 9.41. The highest BCUT2D eigenvalue weighted by Crippen LogP contribution is 2.49. The van der Waals surface area contributed by atoms with Crippen LogP contribution in [-0.4, -0.2) is 36.4 Å². The summed E-state index contributed by atoms with van der Waals surface area (Å²) in [5, 5.41) is 10.3. The number of nitrogens with zero attached hydrogens (tertiary/aromatic N) is 1. The first-order chi connectivity index (χ1) is 12.6. The lowest BCUT2D eigenvalue weighted by Crippen LogP contribution is -2.44. The predicted molar refractivity (Wildman–Crippen MR) is 95.6 cm³/mol. The van der Waals surface area contributed by atoms with Gasteiger partial charge in [0, 0.05) is 12.2 Å². The summed E-state index contributed by atoms with van der Waals surface area (Å²) in [6.45, 7) is 3.40. The topological polar surface area (TPSA) is 49.8 Å². The van der Waals surface area contributed by atoms with Crippen LogP contribution in [0.2, 0.25) is 0 Å². The number of amides is 1. The van der Waals surface area contributed by atoms with Crippen LogP contribution < -0.4 is 9.64 Å². The summed E-state index contributed by atoms with van der Waals surface area (Å²) in [7, 11) is 0. The molecule has 150 valence electrons. The zero-order valence-corrected chi connectivity index (χ0v) is 15.6. The van der Waals surface area contributed by atoms with Gasteiger partial charge in [-0.3, -0.25) is 4.79 Å². The SMILES string of the molecule is CC(C)[C@H]1C[C@]2(CC[C@@H]1O)CCN(c1ccc(OCC(F)(F)F)cc1)C2=O. The van der Waals surface area contributed by atoms with E-state index in [0.717, 1.165) is 6.42 Å². The van der Waals surface area contributed by atoms with Gasteiger partial charge in [-0.2, -0.15) is 13.2 Å². The molecule has 1 saturated heterocycles. The average molecular weight is 385 g/mol. The van der Waals surface area contributed by atoms with E-state index in [2.05, 4.69) is 13.8 Å². The maximum absolute atomic E-state index is 13.2. The lowest BCUT2D eigenvalue weighted by Gasteiger charge is -2.41. The average Bonchev–Trinajstić information content (AvgIpc) is 2.91.